The van der Waals surface area contributed by atoms with Gasteiger partial charge in [0, 0.05) is 30.4 Å². The lowest BCUT2D eigenvalue weighted by molar-refractivity contribution is 0.364. The van der Waals surface area contributed by atoms with Crippen LogP contribution in [-0.4, -0.2) is 29.9 Å². The van der Waals surface area contributed by atoms with E-state index in [1.54, 1.807) is 24.2 Å². The fraction of sp³-hybridized carbons (Fsp3) is 0.438. The molecule has 1 unspecified atom stereocenters. The molecular formula is C16H20N6OS. The van der Waals surface area contributed by atoms with Crippen molar-refractivity contribution >= 4 is 11.8 Å². The van der Waals surface area contributed by atoms with Gasteiger partial charge in [0.1, 0.15) is 0 Å². The number of rotatable bonds is 4. The maximum absolute atomic E-state index is 5.41. The monoisotopic (exact) mass is 344 g/mol. The van der Waals surface area contributed by atoms with Crippen LogP contribution in [0.15, 0.2) is 34.2 Å². The minimum absolute atomic E-state index is 0.0122. The molecule has 0 spiro atoms. The third-order valence-electron chi connectivity index (χ3n) is 3.52. The lowest BCUT2D eigenvalue weighted by Gasteiger charge is -2.11. The standard InChI is InChI=1S/C16H20N6OS/c1-10(13-18-14(21-23-13)16(2,3)4)24-15-20-19-12(22(15)5)11-6-8-17-9-7-11/h6-10H,1-5H3. The van der Waals surface area contributed by atoms with Gasteiger partial charge in [-0.05, 0) is 19.1 Å². The Labute approximate surface area is 144 Å². The fourth-order valence-corrected chi connectivity index (χ4v) is 2.93. The first-order chi connectivity index (χ1) is 11.4. The molecule has 3 aromatic heterocycles. The van der Waals surface area contributed by atoms with Crippen LogP contribution in [0.5, 0.6) is 0 Å². The molecule has 3 heterocycles. The third kappa shape index (κ3) is 3.33. The van der Waals surface area contributed by atoms with Gasteiger partial charge in [0.2, 0.25) is 5.89 Å². The average molecular weight is 344 g/mol. The van der Waals surface area contributed by atoms with Gasteiger partial charge in [0.25, 0.3) is 0 Å². The van der Waals surface area contributed by atoms with Crippen molar-refractivity contribution in [2.75, 3.05) is 0 Å². The molecule has 24 heavy (non-hydrogen) atoms. The summed E-state index contributed by atoms with van der Waals surface area (Å²) in [6.45, 7) is 8.20. The summed E-state index contributed by atoms with van der Waals surface area (Å²) in [6.07, 6.45) is 3.48. The summed E-state index contributed by atoms with van der Waals surface area (Å²) in [7, 11) is 1.94. The number of pyridine rings is 1. The van der Waals surface area contributed by atoms with Gasteiger partial charge in [-0.25, -0.2) is 0 Å². The third-order valence-corrected chi connectivity index (χ3v) is 4.64. The molecule has 126 valence electrons. The average Bonchev–Trinajstić information content (AvgIpc) is 3.16. The SMILES string of the molecule is CC(Sc1nnc(-c2ccncc2)n1C)c1nc(C(C)(C)C)no1. The summed E-state index contributed by atoms with van der Waals surface area (Å²) in [4.78, 5) is 8.54. The topological polar surface area (TPSA) is 82.5 Å². The van der Waals surface area contributed by atoms with E-state index in [0.29, 0.717) is 11.7 Å². The van der Waals surface area contributed by atoms with Crippen LogP contribution in [0.3, 0.4) is 0 Å². The van der Waals surface area contributed by atoms with Gasteiger partial charge in [0.15, 0.2) is 16.8 Å². The number of thioether (sulfide) groups is 1. The number of nitrogens with zero attached hydrogens (tertiary/aromatic N) is 6. The van der Waals surface area contributed by atoms with Crippen molar-refractivity contribution in [3.63, 3.8) is 0 Å². The molecule has 0 bridgehead atoms. The largest absolute Gasteiger partial charge is 0.338 e. The second-order valence-electron chi connectivity index (χ2n) is 6.57. The zero-order valence-corrected chi connectivity index (χ0v) is 15.2. The predicted octanol–water partition coefficient (Wildman–Crippen LogP) is 3.41. The lowest BCUT2D eigenvalue weighted by Crippen LogP contribution is -2.13. The van der Waals surface area contributed by atoms with Crippen molar-refractivity contribution < 1.29 is 4.52 Å². The van der Waals surface area contributed by atoms with E-state index in [0.717, 1.165) is 16.5 Å². The highest BCUT2D eigenvalue weighted by molar-refractivity contribution is 7.99. The van der Waals surface area contributed by atoms with Crippen LogP contribution in [0.2, 0.25) is 0 Å². The predicted molar refractivity (Wildman–Crippen MR) is 91.5 cm³/mol. The molecule has 0 saturated heterocycles. The summed E-state index contributed by atoms with van der Waals surface area (Å²) < 4.78 is 7.36. The Morgan fingerprint density at radius 2 is 1.88 bits per heavy atom. The maximum atomic E-state index is 5.41. The first-order valence-corrected chi connectivity index (χ1v) is 8.55. The van der Waals surface area contributed by atoms with Crippen LogP contribution in [-0.2, 0) is 12.5 Å². The van der Waals surface area contributed by atoms with E-state index < -0.39 is 0 Å². The van der Waals surface area contributed by atoms with Crippen LogP contribution in [0, 0.1) is 0 Å². The Morgan fingerprint density at radius 3 is 2.50 bits per heavy atom. The molecule has 0 aliphatic carbocycles. The molecule has 0 amide bonds. The molecule has 0 radical (unpaired) electrons. The molecular weight excluding hydrogens is 324 g/mol. The minimum Gasteiger partial charge on any atom is -0.338 e. The van der Waals surface area contributed by atoms with E-state index in [2.05, 4.69) is 46.1 Å². The van der Waals surface area contributed by atoms with Crippen LogP contribution in [0.4, 0.5) is 0 Å². The van der Waals surface area contributed by atoms with Crippen molar-refractivity contribution in [3.8, 4) is 11.4 Å². The second-order valence-corrected chi connectivity index (χ2v) is 7.88. The van der Waals surface area contributed by atoms with Crippen molar-refractivity contribution in [1.29, 1.82) is 0 Å². The van der Waals surface area contributed by atoms with Crippen LogP contribution >= 0.6 is 11.8 Å². The van der Waals surface area contributed by atoms with E-state index in [4.69, 9.17) is 4.52 Å². The summed E-state index contributed by atoms with van der Waals surface area (Å²) in [5.41, 5.74) is 0.845. The molecule has 0 saturated carbocycles. The van der Waals surface area contributed by atoms with Crippen molar-refractivity contribution in [1.82, 2.24) is 29.9 Å². The molecule has 0 N–H and O–H groups in total. The molecule has 8 heteroatoms. The molecule has 0 aliphatic rings. The van der Waals surface area contributed by atoms with E-state index in [9.17, 15) is 0 Å². The normalized spacial score (nSPS) is 13.2. The number of aromatic nitrogens is 6. The van der Waals surface area contributed by atoms with Crippen molar-refractivity contribution in [3.05, 3.63) is 36.2 Å². The Morgan fingerprint density at radius 1 is 1.17 bits per heavy atom. The molecule has 0 fully saturated rings. The smallest absolute Gasteiger partial charge is 0.239 e. The quantitative estimate of drug-likeness (QED) is 0.671. The Kier molecular flexibility index (Phi) is 4.40. The Bertz CT molecular complexity index is 821. The van der Waals surface area contributed by atoms with Gasteiger partial charge in [-0.2, -0.15) is 4.98 Å². The molecule has 7 nitrogen and oxygen atoms in total. The van der Waals surface area contributed by atoms with Gasteiger partial charge in [-0.1, -0.05) is 37.7 Å². The highest BCUT2D eigenvalue weighted by atomic mass is 32.2. The lowest BCUT2D eigenvalue weighted by atomic mass is 9.96. The Balaban J connectivity index is 1.79. The summed E-state index contributed by atoms with van der Waals surface area (Å²) in [5.74, 6) is 2.10. The van der Waals surface area contributed by atoms with Crippen LogP contribution in [0.1, 0.15) is 44.7 Å². The molecule has 0 aromatic carbocycles. The van der Waals surface area contributed by atoms with Gasteiger partial charge >= 0.3 is 0 Å². The van der Waals surface area contributed by atoms with Crippen molar-refractivity contribution in [2.24, 2.45) is 7.05 Å². The van der Waals surface area contributed by atoms with E-state index >= 15 is 0 Å². The van der Waals surface area contributed by atoms with Gasteiger partial charge in [-0.3, -0.25) is 4.98 Å². The van der Waals surface area contributed by atoms with Crippen molar-refractivity contribution in [2.45, 2.75) is 43.5 Å². The van der Waals surface area contributed by atoms with Crippen LogP contribution in [0.25, 0.3) is 11.4 Å². The second kappa shape index (κ2) is 6.35. The van der Waals surface area contributed by atoms with E-state index in [1.165, 1.54) is 0 Å². The zero-order chi connectivity index (χ0) is 17.3. The van der Waals surface area contributed by atoms with E-state index in [-0.39, 0.29) is 10.7 Å². The minimum atomic E-state index is -0.134. The number of hydrogen-bond acceptors (Lipinski definition) is 7. The first-order valence-electron chi connectivity index (χ1n) is 7.67. The first kappa shape index (κ1) is 16.6. The van der Waals surface area contributed by atoms with Gasteiger partial charge < -0.3 is 9.09 Å². The molecule has 0 aliphatic heterocycles. The zero-order valence-electron chi connectivity index (χ0n) is 14.4. The molecule has 3 aromatic rings. The highest BCUT2D eigenvalue weighted by Gasteiger charge is 2.24. The van der Waals surface area contributed by atoms with Gasteiger partial charge in [-0.15, -0.1) is 10.2 Å². The van der Waals surface area contributed by atoms with E-state index in [1.807, 2.05) is 30.7 Å². The highest BCUT2D eigenvalue weighted by Crippen LogP contribution is 2.34. The summed E-state index contributed by atoms with van der Waals surface area (Å²) >= 11 is 1.54. The summed E-state index contributed by atoms with van der Waals surface area (Å²) in [5, 5.41) is 13.4. The maximum Gasteiger partial charge on any atom is 0.239 e. The molecule has 3 rings (SSSR count). The molecule has 1 atom stereocenters. The Hall–Kier alpha value is -2.22. The van der Waals surface area contributed by atoms with Crippen LogP contribution < -0.4 is 0 Å². The van der Waals surface area contributed by atoms with Gasteiger partial charge in [0.05, 0.1) is 5.25 Å². The number of hydrogen-bond donors (Lipinski definition) is 0. The fourth-order valence-electron chi connectivity index (χ4n) is 2.08. The summed E-state index contributed by atoms with van der Waals surface area (Å²) in [6, 6.07) is 3.82.